The molecule has 0 atom stereocenters. The number of nitrogens with zero attached hydrogens (tertiary/aromatic N) is 1. The normalized spacial score (nSPS) is 11.7. The van der Waals surface area contributed by atoms with Crippen LogP contribution < -0.4 is 0 Å². The van der Waals surface area contributed by atoms with Crippen LogP contribution in [0.25, 0.3) is 22.6 Å². The number of halogens is 4. The van der Waals surface area contributed by atoms with Gasteiger partial charge in [0.2, 0.25) is 0 Å². The minimum Gasteiger partial charge on any atom is -0.341 e. The molecular formula is C17H12ClF3N2. The van der Waals surface area contributed by atoms with Crippen molar-refractivity contribution in [3.8, 4) is 22.6 Å². The number of aromatic amines is 1. The van der Waals surface area contributed by atoms with E-state index in [-0.39, 0.29) is 0 Å². The molecule has 0 aliphatic rings. The lowest BCUT2D eigenvalue weighted by atomic mass is 10.1. The molecule has 118 valence electrons. The molecule has 6 heteroatoms. The lowest BCUT2D eigenvalue weighted by molar-refractivity contribution is -0.137. The molecule has 0 saturated carbocycles. The second-order valence-corrected chi connectivity index (χ2v) is 5.52. The second-order valence-electron chi connectivity index (χ2n) is 5.12. The van der Waals surface area contributed by atoms with Crippen molar-refractivity contribution >= 4 is 11.6 Å². The van der Waals surface area contributed by atoms with Crippen molar-refractivity contribution in [2.45, 2.75) is 13.1 Å². The van der Waals surface area contributed by atoms with Gasteiger partial charge < -0.3 is 4.98 Å². The first-order chi connectivity index (χ1) is 10.9. The molecule has 0 fully saturated rings. The molecule has 1 aromatic heterocycles. The molecule has 0 amide bonds. The Morgan fingerprint density at radius 3 is 2.48 bits per heavy atom. The Bertz CT molecular complexity index is 853. The van der Waals surface area contributed by atoms with Crippen molar-refractivity contribution in [1.82, 2.24) is 9.97 Å². The van der Waals surface area contributed by atoms with Crippen molar-refractivity contribution < 1.29 is 13.2 Å². The molecule has 0 saturated heterocycles. The molecule has 0 aliphatic heterocycles. The number of nitrogens with one attached hydrogen (secondary N) is 1. The molecule has 2 nitrogen and oxygen atoms in total. The van der Waals surface area contributed by atoms with Crippen molar-refractivity contribution in [2.24, 2.45) is 0 Å². The predicted octanol–water partition coefficient (Wildman–Crippen LogP) is 5.72. The van der Waals surface area contributed by atoms with Gasteiger partial charge in [-0.3, -0.25) is 0 Å². The molecule has 2 aromatic carbocycles. The number of H-pyrrole nitrogens is 1. The van der Waals surface area contributed by atoms with Crippen molar-refractivity contribution in [3.05, 3.63) is 64.8 Å². The van der Waals surface area contributed by atoms with Crippen LogP contribution in [0.15, 0.2) is 48.5 Å². The molecule has 0 aliphatic carbocycles. The monoisotopic (exact) mass is 336 g/mol. The van der Waals surface area contributed by atoms with E-state index in [0.29, 0.717) is 33.4 Å². The fraction of sp³-hybridized carbons (Fsp3) is 0.118. The molecular weight excluding hydrogens is 325 g/mol. The Balaban J connectivity index is 2.07. The van der Waals surface area contributed by atoms with Gasteiger partial charge in [-0.05, 0) is 31.2 Å². The summed E-state index contributed by atoms with van der Waals surface area (Å²) in [7, 11) is 0. The van der Waals surface area contributed by atoms with Gasteiger partial charge in [-0.25, -0.2) is 4.98 Å². The third-order valence-corrected chi connectivity index (χ3v) is 3.81. The lowest BCUT2D eigenvalue weighted by Crippen LogP contribution is -2.04. The van der Waals surface area contributed by atoms with Crippen molar-refractivity contribution in [2.75, 3.05) is 0 Å². The SMILES string of the molecule is Cc1[nH]c(-c2ccccc2Cl)nc1-c1cccc(C(F)(F)F)c1. The van der Waals surface area contributed by atoms with Gasteiger partial charge in [0.25, 0.3) is 0 Å². The minimum atomic E-state index is -4.38. The van der Waals surface area contributed by atoms with Crippen LogP contribution in [-0.2, 0) is 6.18 Å². The summed E-state index contributed by atoms with van der Waals surface area (Å²) < 4.78 is 38.6. The fourth-order valence-corrected chi connectivity index (χ4v) is 2.59. The molecule has 1 heterocycles. The maximum Gasteiger partial charge on any atom is 0.416 e. The maximum atomic E-state index is 12.9. The average molecular weight is 337 g/mol. The van der Waals surface area contributed by atoms with E-state index in [1.807, 2.05) is 6.07 Å². The highest BCUT2D eigenvalue weighted by Crippen LogP contribution is 2.34. The number of hydrogen-bond acceptors (Lipinski definition) is 1. The summed E-state index contributed by atoms with van der Waals surface area (Å²) in [5.74, 6) is 0.528. The van der Waals surface area contributed by atoms with Crippen molar-refractivity contribution in [1.29, 1.82) is 0 Å². The molecule has 0 bridgehead atoms. The average Bonchev–Trinajstić information content (AvgIpc) is 2.89. The number of rotatable bonds is 2. The number of aryl methyl sites for hydroxylation is 1. The van der Waals surface area contributed by atoms with Crippen LogP contribution in [0.5, 0.6) is 0 Å². The molecule has 3 aromatic rings. The van der Waals surface area contributed by atoms with Crippen LogP contribution in [-0.4, -0.2) is 9.97 Å². The topological polar surface area (TPSA) is 28.7 Å². The van der Waals surface area contributed by atoms with Gasteiger partial charge in [-0.2, -0.15) is 13.2 Å². The first-order valence-corrected chi connectivity index (χ1v) is 7.23. The molecule has 0 spiro atoms. The van der Waals surface area contributed by atoms with Gasteiger partial charge in [0.15, 0.2) is 0 Å². The first-order valence-electron chi connectivity index (χ1n) is 6.85. The summed E-state index contributed by atoms with van der Waals surface area (Å²) >= 11 is 6.14. The van der Waals surface area contributed by atoms with E-state index in [2.05, 4.69) is 9.97 Å². The van der Waals surface area contributed by atoms with E-state index < -0.39 is 11.7 Å². The third kappa shape index (κ3) is 3.10. The number of imidazole rings is 1. The van der Waals surface area contributed by atoms with Crippen LogP contribution in [0.3, 0.4) is 0 Å². The smallest absolute Gasteiger partial charge is 0.341 e. The fourth-order valence-electron chi connectivity index (χ4n) is 2.37. The Morgan fingerprint density at radius 1 is 1.04 bits per heavy atom. The van der Waals surface area contributed by atoms with E-state index in [9.17, 15) is 13.2 Å². The third-order valence-electron chi connectivity index (χ3n) is 3.48. The number of alkyl halides is 3. The summed E-state index contributed by atoms with van der Waals surface area (Å²) in [6, 6.07) is 12.3. The van der Waals surface area contributed by atoms with Gasteiger partial charge in [0.05, 0.1) is 16.3 Å². The largest absolute Gasteiger partial charge is 0.416 e. The van der Waals surface area contributed by atoms with Crippen LogP contribution in [0.1, 0.15) is 11.3 Å². The second kappa shape index (κ2) is 5.74. The molecule has 23 heavy (non-hydrogen) atoms. The Kier molecular flexibility index (Phi) is 3.90. The summed E-state index contributed by atoms with van der Waals surface area (Å²) in [5.41, 5.74) is 1.57. The standard InChI is InChI=1S/C17H12ClF3N2/c1-10-15(11-5-4-6-12(9-11)17(19,20)21)23-16(22-10)13-7-2-3-8-14(13)18/h2-9H,1H3,(H,22,23). The van der Waals surface area contributed by atoms with Gasteiger partial charge >= 0.3 is 6.18 Å². The van der Waals surface area contributed by atoms with Crippen LogP contribution in [0, 0.1) is 6.92 Å². The summed E-state index contributed by atoms with van der Waals surface area (Å²) in [5, 5.41) is 0.525. The maximum absolute atomic E-state index is 12.9. The summed E-state index contributed by atoms with van der Waals surface area (Å²) in [4.78, 5) is 7.51. The van der Waals surface area contributed by atoms with Crippen LogP contribution >= 0.6 is 11.6 Å². The highest BCUT2D eigenvalue weighted by atomic mass is 35.5. The molecule has 0 radical (unpaired) electrons. The number of hydrogen-bond donors (Lipinski definition) is 1. The van der Waals surface area contributed by atoms with E-state index in [0.717, 1.165) is 12.1 Å². The Hall–Kier alpha value is -2.27. The highest BCUT2D eigenvalue weighted by Gasteiger charge is 2.30. The van der Waals surface area contributed by atoms with Gasteiger partial charge in [0.1, 0.15) is 5.82 Å². The summed E-state index contributed by atoms with van der Waals surface area (Å²) in [6.45, 7) is 1.77. The lowest BCUT2D eigenvalue weighted by Gasteiger charge is -2.07. The van der Waals surface area contributed by atoms with E-state index in [1.54, 1.807) is 31.2 Å². The quantitative estimate of drug-likeness (QED) is 0.636. The van der Waals surface area contributed by atoms with Gasteiger partial charge in [-0.15, -0.1) is 0 Å². The number of aromatic nitrogens is 2. The molecule has 3 rings (SSSR count). The van der Waals surface area contributed by atoms with E-state index >= 15 is 0 Å². The highest BCUT2D eigenvalue weighted by molar-refractivity contribution is 6.33. The molecule has 0 unspecified atom stereocenters. The number of benzene rings is 2. The van der Waals surface area contributed by atoms with Gasteiger partial charge in [-0.1, -0.05) is 35.9 Å². The summed E-state index contributed by atoms with van der Waals surface area (Å²) in [6.07, 6.45) is -4.38. The minimum absolute atomic E-state index is 0.409. The van der Waals surface area contributed by atoms with Crippen LogP contribution in [0.2, 0.25) is 5.02 Å². The van der Waals surface area contributed by atoms with Crippen LogP contribution in [0.4, 0.5) is 13.2 Å². The van der Waals surface area contributed by atoms with E-state index in [1.165, 1.54) is 6.07 Å². The predicted molar refractivity (Wildman–Crippen MR) is 84.2 cm³/mol. The zero-order valence-electron chi connectivity index (χ0n) is 12.1. The zero-order chi connectivity index (χ0) is 16.6. The molecule has 1 N–H and O–H groups in total. The zero-order valence-corrected chi connectivity index (χ0v) is 12.8. The Morgan fingerprint density at radius 2 is 1.78 bits per heavy atom. The van der Waals surface area contributed by atoms with E-state index in [4.69, 9.17) is 11.6 Å². The van der Waals surface area contributed by atoms with Crippen molar-refractivity contribution in [3.63, 3.8) is 0 Å². The Labute approximate surface area is 136 Å². The van der Waals surface area contributed by atoms with Gasteiger partial charge in [0, 0.05) is 16.8 Å². The first kappa shape index (κ1) is 15.6.